The zero-order valence-corrected chi connectivity index (χ0v) is 11.7. The van der Waals surface area contributed by atoms with E-state index < -0.39 is 0 Å². The maximum atomic E-state index is 10.9. The smallest absolute Gasteiger partial charge is 0.223 e. The van der Waals surface area contributed by atoms with Crippen LogP contribution in [0.25, 0.3) is 0 Å². The van der Waals surface area contributed by atoms with Crippen molar-refractivity contribution in [1.29, 1.82) is 0 Å². The van der Waals surface area contributed by atoms with Crippen molar-refractivity contribution in [2.75, 3.05) is 12.4 Å². The van der Waals surface area contributed by atoms with Crippen molar-refractivity contribution in [3.63, 3.8) is 0 Å². The standard InChI is InChI=1S/C13H15N3O2S/c1-9(17)14-13-16-15-12(19-13)8-7-10-5-3-4-6-11(10)18-2/h3-6H,7-8H2,1-2H3,(H,14,16,17). The van der Waals surface area contributed by atoms with Gasteiger partial charge in [-0.2, -0.15) is 0 Å². The Kier molecular flexibility index (Phi) is 4.46. The summed E-state index contributed by atoms with van der Waals surface area (Å²) in [6.07, 6.45) is 1.61. The number of benzene rings is 1. The largest absolute Gasteiger partial charge is 0.496 e. The second kappa shape index (κ2) is 6.29. The van der Waals surface area contributed by atoms with Crippen molar-refractivity contribution in [3.05, 3.63) is 34.8 Å². The fourth-order valence-electron chi connectivity index (χ4n) is 1.71. The van der Waals surface area contributed by atoms with Crippen LogP contribution in [0.3, 0.4) is 0 Å². The Bertz CT molecular complexity index is 569. The fraction of sp³-hybridized carbons (Fsp3) is 0.308. The highest BCUT2D eigenvalue weighted by Crippen LogP contribution is 2.21. The predicted octanol–water partition coefficient (Wildman–Crippen LogP) is 2.29. The van der Waals surface area contributed by atoms with E-state index in [1.807, 2.05) is 24.3 Å². The van der Waals surface area contributed by atoms with Crippen LogP contribution in [0.1, 0.15) is 17.5 Å². The minimum atomic E-state index is -0.132. The molecular formula is C13H15N3O2S. The van der Waals surface area contributed by atoms with E-state index in [4.69, 9.17) is 4.74 Å². The lowest BCUT2D eigenvalue weighted by molar-refractivity contribution is -0.114. The van der Waals surface area contributed by atoms with Crippen LogP contribution in [0.4, 0.5) is 5.13 Å². The lowest BCUT2D eigenvalue weighted by Crippen LogP contribution is -2.04. The van der Waals surface area contributed by atoms with Crippen LogP contribution in [-0.4, -0.2) is 23.2 Å². The number of aryl methyl sites for hydroxylation is 2. The normalized spacial score (nSPS) is 10.2. The summed E-state index contributed by atoms with van der Waals surface area (Å²) < 4.78 is 5.30. The average molecular weight is 277 g/mol. The molecule has 1 N–H and O–H groups in total. The third-order valence-electron chi connectivity index (χ3n) is 2.55. The molecule has 0 fully saturated rings. The second-order valence-corrected chi connectivity index (χ2v) is 5.06. The van der Waals surface area contributed by atoms with Gasteiger partial charge in [-0.15, -0.1) is 10.2 Å². The Balaban J connectivity index is 1.98. The molecule has 0 aliphatic carbocycles. The Morgan fingerprint density at radius 3 is 2.84 bits per heavy atom. The molecule has 1 heterocycles. The van der Waals surface area contributed by atoms with E-state index in [-0.39, 0.29) is 5.91 Å². The van der Waals surface area contributed by atoms with Gasteiger partial charge in [0.1, 0.15) is 10.8 Å². The molecule has 0 atom stereocenters. The van der Waals surface area contributed by atoms with Gasteiger partial charge < -0.3 is 10.1 Å². The molecule has 0 bridgehead atoms. The third kappa shape index (κ3) is 3.75. The lowest BCUT2D eigenvalue weighted by Gasteiger charge is -2.06. The predicted molar refractivity (Wildman–Crippen MR) is 74.6 cm³/mol. The number of methoxy groups -OCH3 is 1. The van der Waals surface area contributed by atoms with E-state index in [9.17, 15) is 4.79 Å². The highest BCUT2D eigenvalue weighted by atomic mass is 32.1. The first-order valence-electron chi connectivity index (χ1n) is 5.91. The summed E-state index contributed by atoms with van der Waals surface area (Å²) in [5, 5.41) is 12.0. The number of hydrogen-bond acceptors (Lipinski definition) is 5. The molecule has 1 aromatic carbocycles. The SMILES string of the molecule is COc1ccccc1CCc1nnc(NC(C)=O)s1. The van der Waals surface area contributed by atoms with Gasteiger partial charge in [-0.05, 0) is 18.1 Å². The number of nitrogens with zero attached hydrogens (tertiary/aromatic N) is 2. The fourth-order valence-corrected chi connectivity index (χ4v) is 2.49. The van der Waals surface area contributed by atoms with Gasteiger partial charge in [-0.3, -0.25) is 4.79 Å². The number of carbonyl (C=O) groups excluding carboxylic acids is 1. The molecule has 0 saturated carbocycles. The summed E-state index contributed by atoms with van der Waals surface area (Å²) in [7, 11) is 1.67. The summed E-state index contributed by atoms with van der Waals surface area (Å²) in [5.41, 5.74) is 1.14. The van der Waals surface area contributed by atoms with Crippen molar-refractivity contribution >= 4 is 22.4 Å². The van der Waals surface area contributed by atoms with Crippen LogP contribution in [0.5, 0.6) is 5.75 Å². The van der Waals surface area contributed by atoms with Gasteiger partial charge >= 0.3 is 0 Å². The zero-order chi connectivity index (χ0) is 13.7. The highest BCUT2D eigenvalue weighted by molar-refractivity contribution is 7.15. The first-order chi connectivity index (χ1) is 9.19. The van der Waals surface area contributed by atoms with Crippen molar-refractivity contribution in [2.45, 2.75) is 19.8 Å². The molecule has 2 aromatic rings. The molecule has 1 amide bonds. The van der Waals surface area contributed by atoms with Crippen molar-refractivity contribution < 1.29 is 9.53 Å². The van der Waals surface area contributed by atoms with Crippen molar-refractivity contribution in [1.82, 2.24) is 10.2 Å². The van der Waals surface area contributed by atoms with Crippen LogP contribution >= 0.6 is 11.3 Å². The van der Waals surface area contributed by atoms with E-state index in [0.29, 0.717) is 5.13 Å². The summed E-state index contributed by atoms with van der Waals surface area (Å²) in [6, 6.07) is 7.91. The molecular weight excluding hydrogens is 262 g/mol. The molecule has 0 aliphatic rings. The van der Waals surface area contributed by atoms with E-state index in [2.05, 4.69) is 15.5 Å². The third-order valence-corrected chi connectivity index (χ3v) is 3.45. The summed E-state index contributed by atoms with van der Waals surface area (Å²) in [5.74, 6) is 0.751. The first kappa shape index (κ1) is 13.5. The van der Waals surface area contributed by atoms with Crippen LogP contribution in [0.15, 0.2) is 24.3 Å². The maximum absolute atomic E-state index is 10.9. The molecule has 19 heavy (non-hydrogen) atoms. The number of aromatic nitrogens is 2. The Hall–Kier alpha value is -1.95. The van der Waals surface area contributed by atoms with Gasteiger partial charge in [0.05, 0.1) is 7.11 Å². The van der Waals surface area contributed by atoms with Gasteiger partial charge in [0, 0.05) is 13.3 Å². The van der Waals surface area contributed by atoms with E-state index in [0.717, 1.165) is 29.2 Å². The summed E-state index contributed by atoms with van der Waals surface area (Å²) in [6.45, 7) is 1.45. The number of rotatable bonds is 5. The number of amides is 1. The van der Waals surface area contributed by atoms with Crippen molar-refractivity contribution in [2.24, 2.45) is 0 Å². The first-order valence-corrected chi connectivity index (χ1v) is 6.72. The average Bonchev–Trinajstić information content (AvgIpc) is 2.83. The number of hydrogen-bond donors (Lipinski definition) is 1. The monoisotopic (exact) mass is 277 g/mol. The van der Waals surface area contributed by atoms with Gasteiger partial charge in [-0.1, -0.05) is 29.5 Å². The van der Waals surface area contributed by atoms with Crippen LogP contribution in [0, 0.1) is 0 Å². The minimum Gasteiger partial charge on any atom is -0.496 e. The highest BCUT2D eigenvalue weighted by Gasteiger charge is 2.07. The van der Waals surface area contributed by atoms with Gasteiger partial charge in [0.25, 0.3) is 0 Å². The van der Waals surface area contributed by atoms with Crippen LogP contribution < -0.4 is 10.1 Å². The molecule has 5 nitrogen and oxygen atoms in total. The molecule has 0 radical (unpaired) electrons. The van der Waals surface area contributed by atoms with Gasteiger partial charge in [0.2, 0.25) is 11.0 Å². The minimum absolute atomic E-state index is 0.132. The number of para-hydroxylation sites is 1. The number of carbonyl (C=O) groups is 1. The molecule has 0 aliphatic heterocycles. The maximum Gasteiger partial charge on any atom is 0.223 e. The van der Waals surface area contributed by atoms with Crippen LogP contribution in [-0.2, 0) is 17.6 Å². The Labute approximate surface area is 115 Å². The number of nitrogens with one attached hydrogen (secondary N) is 1. The van der Waals surface area contributed by atoms with Gasteiger partial charge in [0.15, 0.2) is 0 Å². The van der Waals surface area contributed by atoms with Crippen molar-refractivity contribution in [3.8, 4) is 5.75 Å². The number of anilines is 1. The second-order valence-electron chi connectivity index (χ2n) is 3.99. The number of ether oxygens (including phenoxy) is 1. The Morgan fingerprint density at radius 1 is 1.32 bits per heavy atom. The molecule has 0 spiro atoms. The van der Waals surface area contributed by atoms with E-state index >= 15 is 0 Å². The summed E-state index contributed by atoms with van der Waals surface area (Å²) >= 11 is 1.40. The topological polar surface area (TPSA) is 64.1 Å². The Morgan fingerprint density at radius 2 is 2.11 bits per heavy atom. The quantitative estimate of drug-likeness (QED) is 0.910. The van der Waals surface area contributed by atoms with Gasteiger partial charge in [-0.25, -0.2) is 0 Å². The van der Waals surface area contributed by atoms with E-state index in [1.165, 1.54) is 18.3 Å². The molecule has 0 saturated heterocycles. The zero-order valence-electron chi connectivity index (χ0n) is 10.8. The molecule has 100 valence electrons. The molecule has 1 aromatic heterocycles. The lowest BCUT2D eigenvalue weighted by atomic mass is 10.1. The summed E-state index contributed by atoms with van der Waals surface area (Å²) in [4.78, 5) is 10.9. The van der Waals surface area contributed by atoms with Crippen LogP contribution in [0.2, 0.25) is 0 Å². The molecule has 2 rings (SSSR count). The van der Waals surface area contributed by atoms with E-state index in [1.54, 1.807) is 7.11 Å². The molecule has 6 heteroatoms. The molecule has 0 unspecified atom stereocenters.